The van der Waals surface area contributed by atoms with Crippen LogP contribution in [0.3, 0.4) is 0 Å². The normalized spacial score (nSPS) is 11.0. The van der Waals surface area contributed by atoms with Crippen molar-refractivity contribution in [3.05, 3.63) is 199 Å². The van der Waals surface area contributed by atoms with Crippen molar-refractivity contribution in [2.24, 2.45) is 0 Å². The quantitative estimate of drug-likeness (QED) is 0.0962. The fraction of sp³-hybridized carbons (Fsp3) is 0.0196. The Labute approximate surface area is 405 Å². The van der Waals surface area contributed by atoms with Crippen LogP contribution in [0.4, 0.5) is 49.9 Å². The molecule has 6 aromatic carbocycles. The van der Waals surface area contributed by atoms with E-state index in [4.69, 9.17) is 21.1 Å². The lowest BCUT2D eigenvalue weighted by Crippen LogP contribution is -2.20. The third-order valence-corrected chi connectivity index (χ3v) is 10.3. The molecule has 0 aliphatic carbocycles. The summed E-state index contributed by atoms with van der Waals surface area (Å²) in [4.78, 5) is 50.9. The molecule has 0 bridgehead atoms. The SMILES string of the molecule is O=C(Nc1cccc(F)c1)Nc1cccc(Oc2ccc3ncc(-n4ccnc4)nc3c2)c1.O=C(Nc1cccc(Oc2ccc3ncc(-c4cccnc4)nc3c2)c1)Nc1ccc(Cl)c(C(F)(F)F)c1. The highest BCUT2D eigenvalue weighted by atomic mass is 35.5. The number of rotatable bonds is 10. The topological polar surface area (TPSA) is 183 Å². The highest BCUT2D eigenvalue weighted by Crippen LogP contribution is 2.36. The number of benzene rings is 6. The Morgan fingerprint density at radius 1 is 0.549 bits per heavy atom. The zero-order chi connectivity index (χ0) is 49.3. The highest BCUT2D eigenvalue weighted by molar-refractivity contribution is 6.31. The smallest absolute Gasteiger partial charge is 0.417 e. The zero-order valence-electron chi connectivity index (χ0n) is 36.5. The number of ether oxygens (including phenoxy) is 2. The van der Waals surface area contributed by atoms with Gasteiger partial charge in [-0.1, -0.05) is 29.8 Å². The molecule has 0 saturated carbocycles. The third kappa shape index (κ3) is 12.2. The van der Waals surface area contributed by atoms with E-state index in [1.54, 1.807) is 133 Å². The molecule has 352 valence electrons. The first-order valence-electron chi connectivity index (χ1n) is 21.1. The third-order valence-electron chi connectivity index (χ3n) is 10.0. The van der Waals surface area contributed by atoms with Crippen LogP contribution in [0.1, 0.15) is 5.56 Å². The van der Waals surface area contributed by atoms with E-state index in [0.29, 0.717) is 68.1 Å². The van der Waals surface area contributed by atoms with Crippen LogP contribution in [-0.2, 0) is 6.18 Å². The minimum absolute atomic E-state index is 0.0606. The maximum absolute atomic E-state index is 13.3. The van der Waals surface area contributed by atoms with Gasteiger partial charge < -0.3 is 30.7 Å². The second-order valence-electron chi connectivity index (χ2n) is 15.1. The van der Waals surface area contributed by atoms with Gasteiger partial charge in [-0.25, -0.2) is 28.9 Å². The highest BCUT2D eigenvalue weighted by Gasteiger charge is 2.33. The van der Waals surface area contributed by atoms with Crippen LogP contribution >= 0.6 is 11.6 Å². The fourth-order valence-corrected chi connectivity index (χ4v) is 7.02. The molecule has 4 heterocycles. The van der Waals surface area contributed by atoms with E-state index in [1.165, 1.54) is 24.3 Å². The van der Waals surface area contributed by atoms with Gasteiger partial charge in [0.1, 0.15) is 35.1 Å². The molecular formula is C51H34ClF4N11O4. The summed E-state index contributed by atoms with van der Waals surface area (Å²) < 4.78 is 66.2. The number of nitrogens with zero attached hydrogens (tertiary/aromatic N) is 7. The van der Waals surface area contributed by atoms with Crippen LogP contribution in [0.5, 0.6) is 23.0 Å². The number of hydrogen-bond acceptors (Lipinski definition) is 10. The second kappa shape index (κ2) is 20.8. The maximum atomic E-state index is 13.3. The Morgan fingerprint density at radius 3 is 1.70 bits per heavy atom. The van der Waals surface area contributed by atoms with E-state index >= 15 is 0 Å². The molecular weight excluding hydrogens is 942 g/mol. The number of imidazole rings is 1. The summed E-state index contributed by atoms with van der Waals surface area (Å²) in [6.45, 7) is 0. The molecule has 20 heteroatoms. The Kier molecular flexibility index (Phi) is 13.7. The van der Waals surface area contributed by atoms with Crippen LogP contribution in [0, 0.1) is 5.82 Å². The number of alkyl halides is 3. The molecule has 0 saturated heterocycles. The standard InChI is InChI=1S/C27H17ClF3N5O2.C24H17FN6O2/c28-22-8-6-18(12-21(22)27(29,30)31)35-26(37)34-17-4-1-5-19(11-17)38-20-7-9-23-24(13-20)36-25(15-33-23)16-3-2-10-32-14-16;25-16-3-1-4-17(11-16)28-24(32)29-18-5-2-6-19(12-18)33-20-7-8-21-22(13-20)30-23(14-27-21)31-10-9-26-15-31/h1-15H,(H2,34,35,37);1-15H,(H2,28,29,32). The van der Waals surface area contributed by atoms with Crippen molar-refractivity contribution in [1.29, 1.82) is 0 Å². The van der Waals surface area contributed by atoms with Crippen LogP contribution in [-0.4, -0.2) is 46.5 Å². The van der Waals surface area contributed by atoms with Gasteiger partial charge in [0.05, 0.1) is 50.7 Å². The molecule has 0 aliphatic rings. The van der Waals surface area contributed by atoms with E-state index < -0.39 is 34.6 Å². The van der Waals surface area contributed by atoms with Crippen molar-refractivity contribution >= 4 is 68.5 Å². The van der Waals surface area contributed by atoms with Crippen molar-refractivity contribution < 1.29 is 36.6 Å². The molecule has 0 fully saturated rings. The number of aromatic nitrogens is 7. The number of carbonyl (C=O) groups excluding carboxylic acids is 2. The van der Waals surface area contributed by atoms with Gasteiger partial charge in [0, 0.05) is 77.4 Å². The maximum Gasteiger partial charge on any atom is 0.417 e. The van der Waals surface area contributed by atoms with Crippen LogP contribution in [0.15, 0.2) is 183 Å². The summed E-state index contributed by atoms with van der Waals surface area (Å²) in [6, 6.07) is 35.4. The number of pyridine rings is 1. The number of halogens is 5. The van der Waals surface area contributed by atoms with Crippen LogP contribution in [0.2, 0.25) is 5.02 Å². The van der Waals surface area contributed by atoms with Crippen molar-refractivity contribution in [3.8, 4) is 40.1 Å². The van der Waals surface area contributed by atoms with E-state index in [-0.39, 0.29) is 5.69 Å². The van der Waals surface area contributed by atoms with Gasteiger partial charge in [-0.05, 0) is 97.1 Å². The van der Waals surface area contributed by atoms with Gasteiger partial charge in [-0.2, -0.15) is 13.2 Å². The molecule has 0 aliphatic heterocycles. The molecule has 10 aromatic rings. The molecule has 0 radical (unpaired) electrons. The molecule has 71 heavy (non-hydrogen) atoms. The first-order chi connectivity index (χ1) is 34.4. The summed E-state index contributed by atoms with van der Waals surface area (Å²) in [6.07, 6.45) is 7.20. The van der Waals surface area contributed by atoms with E-state index in [0.717, 1.165) is 23.2 Å². The second-order valence-corrected chi connectivity index (χ2v) is 15.5. The van der Waals surface area contributed by atoms with Crippen molar-refractivity contribution in [2.45, 2.75) is 6.18 Å². The van der Waals surface area contributed by atoms with E-state index in [2.05, 4.69) is 51.2 Å². The number of amides is 4. The van der Waals surface area contributed by atoms with E-state index in [9.17, 15) is 27.2 Å². The Hall–Kier alpha value is -9.49. The molecule has 4 N–H and O–H groups in total. The largest absolute Gasteiger partial charge is 0.457 e. The number of fused-ring (bicyclic) bond motifs is 2. The van der Waals surface area contributed by atoms with Crippen molar-refractivity contribution in [2.75, 3.05) is 21.3 Å². The summed E-state index contributed by atoms with van der Waals surface area (Å²) >= 11 is 5.63. The predicted octanol–water partition coefficient (Wildman–Crippen LogP) is 13.2. The number of carbonyl (C=O) groups is 2. The van der Waals surface area contributed by atoms with Gasteiger partial charge in [0.15, 0.2) is 5.82 Å². The lowest BCUT2D eigenvalue weighted by Gasteiger charge is -2.13. The number of nitrogens with one attached hydrogen (secondary N) is 4. The fourth-order valence-electron chi connectivity index (χ4n) is 6.79. The lowest BCUT2D eigenvalue weighted by molar-refractivity contribution is -0.137. The molecule has 10 rings (SSSR count). The number of anilines is 4. The monoisotopic (exact) mass is 975 g/mol. The van der Waals surface area contributed by atoms with Gasteiger partial charge >= 0.3 is 18.2 Å². The first kappa shape index (κ1) is 46.6. The molecule has 15 nitrogen and oxygen atoms in total. The van der Waals surface area contributed by atoms with Crippen molar-refractivity contribution in [3.63, 3.8) is 0 Å². The summed E-state index contributed by atoms with van der Waals surface area (Å²) in [5, 5.41) is 9.77. The average molecular weight is 976 g/mol. The number of urea groups is 2. The molecule has 0 unspecified atom stereocenters. The van der Waals surface area contributed by atoms with Gasteiger partial charge in [-0.15, -0.1) is 0 Å². The molecule has 4 amide bonds. The molecule has 0 atom stereocenters. The van der Waals surface area contributed by atoms with Gasteiger partial charge in [0.2, 0.25) is 0 Å². The minimum atomic E-state index is -4.65. The predicted molar refractivity (Wildman–Crippen MR) is 261 cm³/mol. The zero-order valence-corrected chi connectivity index (χ0v) is 37.2. The Bertz CT molecular complexity index is 3530. The summed E-state index contributed by atoms with van der Waals surface area (Å²) in [5.74, 6) is 2.23. The lowest BCUT2D eigenvalue weighted by atomic mass is 10.2. The van der Waals surface area contributed by atoms with Crippen molar-refractivity contribution in [1.82, 2.24) is 34.5 Å². The van der Waals surface area contributed by atoms with E-state index in [1.807, 2.05) is 18.2 Å². The van der Waals surface area contributed by atoms with Gasteiger partial charge in [0.25, 0.3) is 0 Å². The van der Waals surface area contributed by atoms with Crippen LogP contribution in [0.25, 0.3) is 39.1 Å². The van der Waals surface area contributed by atoms with Gasteiger partial charge in [-0.3, -0.25) is 19.5 Å². The number of hydrogen-bond donors (Lipinski definition) is 4. The van der Waals surface area contributed by atoms with Crippen LogP contribution < -0.4 is 30.7 Å². The summed E-state index contributed by atoms with van der Waals surface area (Å²) in [5.41, 5.74) is 4.35. The molecule has 0 spiro atoms. The Morgan fingerprint density at radius 2 is 1.13 bits per heavy atom. The minimum Gasteiger partial charge on any atom is -0.457 e. The molecule has 4 aromatic heterocycles. The average Bonchev–Trinajstić information content (AvgIpc) is 3.90. The Balaban J connectivity index is 0.000000177. The first-order valence-corrected chi connectivity index (χ1v) is 21.5. The summed E-state index contributed by atoms with van der Waals surface area (Å²) in [7, 11) is 0.